The molecule has 3 unspecified atom stereocenters. The zero-order valence-corrected chi connectivity index (χ0v) is 13.4. The second-order valence-electron chi connectivity index (χ2n) is 6.57. The van der Waals surface area contributed by atoms with Crippen LogP contribution in [0.1, 0.15) is 44.2 Å². The summed E-state index contributed by atoms with van der Waals surface area (Å²) in [6.07, 6.45) is 5.40. The lowest BCUT2D eigenvalue weighted by molar-refractivity contribution is 0.337. The molecule has 2 aliphatic rings. The topological polar surface area (TPSA) is 30.5 Å². The van der Waals surface area contributed by atoms with Crippen molar-refractivity contribution in [1.29, 1.82) is 0 Å². The van der Waals surface area contributed by atoms with Crippen LogP contribution in [0.25, 0.3) is 0 Å². The maximum atomic E-state index is 5.44. The molecule has 1 aromatic rings. The van der Waals surface area contributed by atoms with E-state index in [-0.39, 0.29) is 0 Å². The first kappa shape index (κ1) is 14.7. The summed E-state index contributed by atoms with van der Waals surface area (Å²) in [6.45, 7) is 3.29. The number of fused-ring (bicyclic) bond motifs is 1. The molecule has 0 spiro atoms. The summed E-state index contributed by atoms with van der Waals surface area (Å²) in [4.78, 5) is 0. The van der Waals surface area contributed by atoms with Gasteiger partial charge < -0.3 is 14.8 Å². The van der Waals surface area contributed by atoms with Crippen LogP contribution in [-0.4, -0.2) is 20.8 Å². The number of benzene rings is 1. The molecule has 0 saturated heterocycles. The molecule has 0 radical (unpaired) electrons. The van der Waals surface area contributed by atoms with Gasteiger partial charge in [0.25, 0.3) is 0 Å². The van der Waals surface area contributed by atoms with Gasteiger partial charge in [-0.2, -0.15) is 0 Å². The van der Waals surface area contributed by atoms with Crippen LogP contribution in [0.15, 0.2) is 18.2 Å². The van der Waals surface area contributed by atoms with Crippen LogP contribution in [0.4, 0.5) is 0 Å². The highest BCUT2D eigenvalue weighted by Gasteiger charge is 2.48. The monoisotopic (exact) mass is 289 g/mol. The van der Waals surface area contributed by atoms with E-state index < -0.39 is 0 Å². The summed E-state index contributed by atoms with van der Waals surface area (Å²) in [6, 6.07) is 6.72. The predicted molar refractivity (Wildman–Crippen MR) is 84.9 cm³/mol. The van der Waals surface area contributed by atoms with Crippen LogP contribution in [0.3, 0.4) is 0 Å². The lowest BCUT2D eigenvalue weighted by Gasteiger charge is -2.27. The van der Waals surface area contributed by atoms with E-state index in [9.17, 15) is 0 Å². The normalized spacial score (nSPS) is 28.0. The molecular formula is C18H27NO2. The van der Waals surface area contributed by atoms with E-state index in [1.807, 2.05) is 6.07 Å². The molecule has 3 heteroatoms. The van der Waals surface area contributed by atoms with Crippen molar-refractivity contribution < 1.29 is 9.47 Å². The first-order chi connectivity index (χ1) is 10.2. The molecule has 3 atom stereocenters. The van der Waals surface area contributed by atoms with E-state index in [1.165, 1.54) is 24.8 Å². The summed E-state index contributed by atoms with van der Waals surface area (Å²) < 4.78 is 10.9. The van der Waals surface area contributed by atoms with Gasteiger partial charge in [0.05, 0.1) is 14.2 Å². The third kappa shape index (κ3) is 3.18. The highest BCUT2D eigenvalue weighted by molar-refractivity contribution is 5.40. The molecule has 0 amide bonds. The van der Waals surface area contributed by atoms with Gasteiger partial charge in [-0.25, -0.2) is 0 Å². The largest absolute Gasteiger partial charge is 0.497 e. The minimum absolute atomic E-state index is 0.432. The van der Waals surface area contributed by atoms with E-state index in [2.05, 4.69) is 24.4 Å². The van der Waals surface area contributed by atoms with E-state index in [0.29, 0.717) is 6.04 Å². The van der Waals surface area contributed by atoms with Crippen molar-refractivity contribution in [2.24, 2.45) is 17.8 Å². The van der Waals surface area contributed by atoms with Crippen molar-refractivity contribution in [2.75, 3.05) is 20.8 Å². The summed E-state index contributed by atoms with van der Waals surface area (Å²) in [5, 5.41) is 3.76. The zero-order chi connectivity index (χ0) is 14.8. The van der Waals surface area contributed by atoms with Crippen molar-refractivity contribution in [3.63, 3.8) is 0 Å². The van der Waals surface area contributed by atoms with E-state index >= 15 is 0 Å². The third-order valence-electron chi connectivity index (χ3n) is 5.10. The highest BCUT2D eigenvalue weighted by atomic mass is 16.5. The van der Waals surface area contributed by atoms with Gasteiger partial charge in [0.1, 0.15) is 11.5 Å². The van der Waals surface area contributed by atoms with Gasteiger partial charge in [0.15, 0.2) is 0 Å². The number of methoxy groups -OCH3 is 2. The molecular weight excluding hydrogens is 262 g/mol. The minimum Gasteiger partial charge on any atom is -0.497 e. The summed E-state index contributed by atoms with van der Waals surface area (Å²) in [5.74, 6) is 4.55. The summed E-state index contributed by atoms with van der Waals surface area (Å²) >= 11 is 0. The van der Waals surface area contributed by atoms with Crippen molar-refractivity contribution in [2.45, 2.75) is 38.6 Å². The maximum Gasteiger partial charge on any atom is 0.122 e. The summed E-state index contributed by atoms with van der Waals surface area (Å²) in [7, 11) is 3.44. The van der Waals surface area contributed by atoms with Crippen LogP contribution < -0.4 is 14.8 Å². The summed E-state index contributed by atoms with van der Waals surface area (Å²) in [5.41, 5.74) is 1.31. The minimum atomic E-state index is 0.432. The molecule has 2 aliphatic carbocycles. The van der Waals surface area contributed by atoms with Crippen LogP contribution >= 0.6 is 0 Å². The van der Waals surface area contributed by atoms with E-state index in [4.69, 9.17) is 9.47 Å². The lowest BCUT2D eigenvalue weighted by atomic mass is 9.88. The van der Waals surface area contributed by atoms with Gasteiger partial charge in [-0.15, -0.1) is 0 Å². The fourth-order valence-electron chi connectivity index (χ4n) is 3.90. The molecule has 0 aliphatic heterocycles. The van der Waals surface area contributed by atoms with Crippen LogP contribution in [0, 0.1) is 17.8 Å². The maximum absolute atomic E-state index is 5.44. The second kappa shape index (κ2) is 6.27. The second-order valence-corrected chi connectivity index (χ2v) is 6.57. The Kier molecular flexibility index (Phi) is 4.39. The molecule has 1 aromatic carbocycles. The smallest absolute Gasteiger partial charge is 0.122 e. The number of hydrogen-bond donors (Lipinski definition) is 1. The van der Waals surface area contributed by atoms with Crippen molar-refractivity contribution in [1.82, 2.24) is 5.32 Å². The Morgan fingerprint density at radius 2 is 1.67 bits per heavy atom. The molecule has 1 N–H and O–H groups in total. The number of nitrogens with one attached hydrogen (secondary N) is 1. The van der Waals surface area contributed by atoms with Crippen molar-refractivity contribution >= 4 is 0 Å². The van der Waals surface area contributed by atoms with Gasteiger partial charge in [0, 0.05) is 12.1 Å². The van der Waals surface area contributed by atoms with Crippen molar-refractivity contribution in [3.8, 4) is 11.5 Å². The molecule has 3 nitrogen and oxygen atoms in total. The quantitative estimate of drug-likeness (QED) is 0.828. The van der Waals surface area contributed by atoms with E-state index in [1.54, 1.807) is 14.2 Å². The van der Waals surface area contributed by atoms with Gasteiger partial charge in [-0.3, -0.25) is 0 Å². The standard InChI is InChI=1S/C18H27NO2/c1-4-5-19-18(14-7-12-6-13(12)8-14)15-9-16(20-2)11-17(10-15)21-3/h9-14,18-19H,4-8H2,1-3H3. The lowest BCUT2D eigenvalue weighted by Crippen LogP contribution is -2.28. The number of hydrogen-bond acceptors (Lipinski definition) is 3. The Morgan fingerprint density at radius 3 is 2.19 bits per heavy atom. The first-order valence-corrected chi connectivity index (χ1v) is 8.21. The molecule has 116 valence electrons. The Bertz CT molecular complexity index is 456. The fraction of sp³-hybridized carbons (Fsp3) is 0.667. The van der Waals surface area contributed by atoms with Gasteiger partial charge in [-0.05, 0) is 67.7 Å². The third-order valence-corrected chi connectivity index (χ3v) is 5.10. The Balaban J connectivity index is 1.83. The Hall–Kier alpha value is -1.22. The SMILES string of the molecule is CCCNC(c1cc(OC)cc(OC)c1)C1CC2CC2C1. The molecule has 3 rings (SSSR count). The predicted octanol–water partition coefficient (Wildman–Crippen LogP) is 3.79. The van der Waals surface area contributed by atoms with Crippen LogP contribution in [0.5, 0.6) is 11.5 Å². The highest BCUT2D eigenvalue weighted by Crippen LogP contribution is 2.57. The van der Waals surface area contributed by atoms with Crippen LogP contribution in [0.2, 0.25) is 0 Å². The first-order valence-electron chi connectivity index (χ1n) is 8.21. The zero-order valence-electron chi connectivity index (χ0n) is 13.4. The Morgan fingerprint density at radius 1 is 1.05 bits per heavy atom. The number of ether oxygens (including phenoxy) is 2. The average molecular weight is 289 g/mol. The molecule has 0 bridgehead atoms. The molecule has 21 heavy (non-hydrogen) atoms. The van der Waals surface area contributed by atoms with E-state index in [0.717, 1.165) is 42.2 Å². The van der Waals surface area contributed by atoms with Crippen molar-refractivity contribution in [3.05, 3.63) is 23.8 Å². The van der Waals surface area contributed by atoms with Gasteiger partial charge >= 0.3 is 0 Å². The molecule has 0 aromatic heterocycles. The molecule has 2 fully saturated rings. The number of rotatable bonds is 7. The van der Waals surface area contributed by atoms with Gasteiger partial charge in [-0.1, -0.05) is 6.92 Å². The fourth-order valence-corrected chi connectivity index (χ4v) is 3.90. The van der Waals surface area contributed by atoms with Gasteiger partial charge in [0.2, 0.25) is 0 Å². The Labute approximate surface area is 128 Å². The molecule has 0 heterocycles. The van der Waals surface area contributed by atoms with Crippen LogP contribution in [-0.2, 0) is 0 Å². The average Bonchev–Trinajstić information content (AvgIpc) is 3.13. The molecule has 2 saturated carbocycles.